The molecule has 4 rings (SSSR count). The number of ether oxygens (including phenoxy) is 1. The average molecular weight is 558 g/mol. The number of aryl methyl sites for hydroxylation is 1. The number of rotatable bonds is 8. The van der Waals surface area contributed by atoms with E-state index in [0.29, 0.717) is 28.0 Å². The molecule has 1 N–H and O–H groups in total. The molecule has 0 unspecified atom stereocenters. The number of aromatic nitrogens is 1. The number of nitrogens with one attached hydrogen (secondary N) is 1. The van der Waals surface area contributed by atoms with Crippen LogP contribution >= 0.6 is 23.2 Å². The van der Waals surface area contributed by atoms with E-state index in [4.69, 9.17) is 27.9 Å². The number of amides is 1. The van der Waals surface area contributed by atoms with Gasteiger partial charge < -0.3 is 10.1 Å². The summed E-state index contributed by atoms with van der Waals surface area (Å²) in [6.45, 7) is 1.89. The van der Waals surface area contributed by atoms with E-state index in [-0.39, 0.29) is 34.0 Å². The molecule has 0 aliphatic rings. The summed E-state index contributed by atoms with van der Waals surface area (Å²) in [5, 5.41) is 3.75. The van der Waals surface area contributed by atoms with Gasteiger partial charge in [0.1, 0.15) is 22.8 Å². The Morgan fingerprint density at radius 3 is 2.57 bits per heavy atom. The molecule has 1 aromatic heterocycles. The first-order valence-corrected chi connectivity index (χ1v) is 13.5. The molecule has 0 radical (unpaired) electrons. The summed E-state index contributed by atoms with van der Waals surface area (Å²) < 4.78 is 34.1. The van der Waals surface area contributed by atoms with Crippen LogP contribution in [0.1, 0.15) is 27.2 Å². The number of benzene rings is 3. The third kappa shape index (κ3) is 5.72. The molecule has 10 heteroatoms. The monoisotopic (exact) mass is 557 g/mol. The molecule has 192 valence electrons. The van der Waals surface area contributed by atoms with Crippen molar-refractivity contribution in [3.8, 4) is 5.75 Å². The number of halogens is 2. The van der Waals surface area contributed by atoms with Gasteiger partial charge in [-0.2, -0.15) is 4.31 Å². The van der Waals surface area contributed by atoms with Crippen LogP contribution in [0.4, 0.5) is 0 Å². The Balaban J connectivity index is 1.60. The van der Waals surface area contributed by atoms with Gasteiger partial charge in [-0.05, 0) is 48.9 Å². The van der Waals surface area contributed by atoms with Crippen LogP contribution in [0.3, 0.4) is 0 Å². The maximum absolute atomic E-state index is 13.5. The molecular weight excluding hydrogens is 533 g/mol. The number of carbonyl (C=O) groups excluding carboxylic acids is 1. The highest BCUT2D eigenvalue weighted by Crippen LogP contribution is 2.34. The zero-order valence-corrected chi connectivity index (χ0v) is 22.8. The molecular formula is C27H25Cl2N3O4S. The topological polar surface area (TPSA) is 88.6 Å². The van der Waals surface area contributed by atoms with Crippen molar-refractivity contribution in [1.29, 1.82) is 0 Å². The van der Waals surface area contributed by atoms with Crippen molar-refractivity contribution in [2.75, 3.05) is 14.1 Å². The minimum Gasteiger partial charge on any atom is -0.487 e. The van der Waals surface area contributed by atoms with Gasteiger partial charge in [-0.25, -0.2) is 13.4 Å². The number of hydrogen-bond acceptors (Lipinski definition) is 5. The van der Waals surface area contributed by atoms with Gasteiger partial charge in [0.2, 0.25) is 10.0 Å². The Hall–Kier alpha value is -3.17. The van der Waals surface area contributed by atoms with Crippen LogP contribution in [0.15, 0.2) is 71.6 Å². The van der Waals surface area contributed by atoms with Gasteiger partial charge in [0.25, 0.3) is 5.91 Å². The van der Waals surface area contributed by atoms with E-state index in [9.17, 15) is 13.2 Å². The van der Waals surface area contributed by atoms with Crippen LogP contribution in [0, 0.1) is 6.92 Å². The standard InChI is InChI=1S/C27H25Cl2N3O4S/c1-17-10-11-19-7-5-9-23(26(19)31-17)36-16-21-22(28)12-13-24(25(21)29)37(34,35)32(3)15-18-6-4-8-20(14-18)27(33)30-2/h4-14H,15-16H2,1-3H3,(H,30,33). The summed E-state index contributed by atoms with van der Waals surface area (Å²) in [4.78, 5) is 16.4. The van der Waals surface area contributed by atoms with E-state index in [2.05, 4.69) is 10.3 Å². The predicted octanol–water partition coefficient (Wildman–Crippen LogP) is 5.61. The second-order valence-corrected chi connectivity index (χ2v) is 11.2. The lowest BCUT2D eigenvalue weighted by atomic mass is 10.1. The first-order chi connectivity index (χ1) is 17.6. The molecule has 0 spiro atoms. The maximum Gasteiger partial charge on any atom is 0.251 e. The van der Waals surface area contributed by atoms with Crippen LogP contribution in [-0.2, 0) is 23.2 Å². The normalized spacial score (nSPS) is 11.6. The molecule has 0 bridgehead atoms. The molecule has 0 atom stereocenters. The van der Waals surface area contributed by atoms with Crippen molar-refractivity contribution in [3.05, 3.63) is 99.2 Å². The van der Waals surface area contributed by atoms with Crippen molar-refractivity contribution >= 4 is 50.0 Å². The highest BCUT2D eigenvalue weighted by molar-refractivity contribution is 7.89. The molecule has 37 heavy (non-hydrogen) atoms. The molecule has 0 aliphatic heterocycles. The Morgan fingerprint density at radius 1 is 1.05 bits per heavy atom. The fraction of sp³-hybridized carbons (Fsp3) is 0.185. The van der Waals surface area contributed by atoms with E-state index in [1.54, 1.807) is 30.3 Å². The molecule has 0 fully saturated rings. The maximum atomic E-state index is 13.5. The molecule has 0 aliphatic carbocycles. The predicted molar refractivity (Wildman–Crippen MR) is 146 cm³/mol. The lowest BCUT2D eigenvalue weighted by Crippen LogP contribution is -2.27. The third-order valence-corrected chi connectivity index (χ3v) is 8.60. The van der Waals surface area contributed by atoms with Gasteiger partial charge in [0.05, 0.1) is 5.02 Å². The Morgan fingerprint density at radius 2 is 1.81 bits per heavy atom. The Kier molecular flexibility index (Phi) is 8.04. The smallest absolute Gasteiger partial charge is 0.251 e. The van der Waals surface area contributed by atoms with Gasteiger partial charge in [0, 0.05) is 47.9 Å². The summed E-state index contributed by atoms with van der Waals surface area (Å²) in [5.41, 5.74) is 2.98. The van der Waals surface area contributed by atoms with E-state index in [1.807, 2.05) is 31.2 Å². The van der Waals surface area contributed by atoms with Crippen LogP contribution in [0.2, 0.25) is 10.0 Å². The lowest BCUT2D eigenvalue weighted by molar-refractivity contribution is 0.0963. The molecule has 0 saturated carbocycles. The number of sulfonamides is 1. The lowest BCUT2D eigenvalue weighted by Gasteiger charge is -2.20. The van der Waals surface area contributed by atoms with E-state index in [0.717, 1.165) is 11.1 Å². The molecule has 1 heterocycles. The van der Waals surface area contributed by atoms with Crippen LogP contribution in [-0.4, -0.2) is 37.7 Å². The average Bonchev–Trinajstić information content (AvgIpc) is 2.88. The first-order valence-electron chi connectivity index (χ1n) is 11.3. The second-order valence-electron chi connectivity index (χ2n) is 8.45. The number of fused-ring (bicyclic) bond motifs is 1. The number of pyridine rings is 1. The fourth-order valence-corrected chi connectivity index (χ4v) is 5.87. The minimum absolute atomic E-state index is 0.0113. The zero-order valence-electron chi connectivity index (χ0n) is 20.5. The quantitative estimate of drug-likeness (QED) is 0.304. The Labute approximate surface area is 226 Å². The van der Waals surface area contributed by atoms with Crippen LogP contribution in [0.5, 0.6) is 5.75 Å². The van der Waals surface area contributed by atoms with Crippen molar-refractivity contribution in [2.45, 2.75) is 25.0 Å². The third-order valence-electron chi connectivity index (χ3n) is 5.85. The molecule has 7 nitrogen and oxygen atoms in total. The minimum atomic E-state index is -3.99. The molecule has 0 saturated heterocycles. The van der Waals surface area contributed by atoms with Crippen molar-refractivity contribution < 1.29 is 17.9 Å². The summed E-state index contributed by atoms with van der Waals surface area (Å²) in [6.07, 6.45) is 0. The fourth-order valence-electron chi connectivity index (χ4n) is 3.86. The van der Waals surface area contributed by atoms with Crippen molar-refractivity contribution in [3.63, 3.8) is 0 Å². The van der Waals surface area contributed by atoms with Crippen molar-refractivity contribution in [1.82, 2.24) is 14.6 Å². The van der Waals surface area contributed by atoms with Gasteiger partial charge in [0.15, 0.2) is 0 Å². The number of hydrogen-bond donors (Lipinski definition) is 1. The van der Waals surface area contributed by atoms with Crippen LogP contribution < -0.4 is 10.1 Å². The first kappa shape index (κ1) is 26.9. The number of carbonyl (C=O) groups is 1. The SMILES string of the molecule is CNC(=O)c1cccc(CN(C)S(=O)(=O)c2ccc(Cl)c(COc3cccc4ccc(C)nc34)c2Cl)c1. The van der Waals surface area contributed by atoms with Gasteiger partial charge in [-0.3, -0.25) is 4.79 Å². The highest BCUT2D eigenvalue weighted by atomic mass is 35.5. The molecule has 1 amide bonds. The van der Waals surface area contributed by atoms with E-state index in [1.165, 1.54) is 30.5 Å². The van der Waals surface area contributed by atoms with Gasteiger partial charge in [-0.15, -0.1) is 0 Å². The second kappa shape index (κ2) is 11.1. The summed E-state index contributed by atoms with van der Waals surface area (Å²) in [7, 11) is -1.01. The van der Waals surface area contributed by atoms with Gasteiger partial charge >= 0.3 is 0 Å². The Bertz CT molecular complexity index is 1590. The largest absolute Gasteiger partial charge is 0.487 e. The summed E-state index contributed by atoms with van der Waals surface area (Å²) >= 11 is 13.0. The molecule has 4 aromatic rings. The molecule has 3 aromatic carbocycles. The number of para-hydroxylation sites is 1. The van der Waals surface area contributed by atoms with Crippen molar-refractivity contribution in [2.24, 2.45) is 0 Å². The van der Waals surface area contributed by atoms with Gasteiger partial charge in [-0.1, -0.05) is 53.5 Å². The van der Waals surface area contributed by atoms with E-state index < -0.39 is 10.0 Å². The highest BCUT2D eigenvalue weighted by Gasteiger charge is 2.26. The number of nitrogens with zero attached hydrogens (tertiary/aromatic N) is 2. The summed E-state index contributed by atoms with van der Waals surface area (Å²) in [6, 6.07) is 19.1. The summed E-state index contributed by atoms with van der Waals surface area (Å²) in [5.74, 6) is 0.281. The van der Waals surface area contributed by atoms with E-state index >= 15 is 0 Å². The zero-order chi connectivity index (χ0) is 26.7. The van der Waals surface area contributed by atoms with Crippen LogP contribution in [0.25, 0.3) is 10.9 Å².